The first kappa shape index (κ1) is 11.6. The summed E-state index contributed by atoms with van der Waals surface area (Å²) in [7, 11) is 0. The zero-order chi connectivity index (χ0) is 11.3. The van der Waals surface area contributed by atoms with Crippen molar-refractivity contribution >= 4 is 5.57 Å². The summed E-state index contributed by atoms with van der Waals surface area (Å²) in [5, 5.41) is 0. The van der Waals surface area contributed by atoms with Crippen molar-refractivity contribution in [3.8, 4) is 12.3 Å². The largest absolute Gasteiger partial charge is 0.115 e. The number of allylic oxidation sites excluding steroid dienone is 2. The lowest BCUT2D eigenvalue weighted by Crippen LogP contribution is -1.99. The van der Waals surface area contributed by atoms with Crippen LogP contribution in [-0.2, 0) is 0 Å². The quantitative estimate of drug-likeness (QED) is 0.641. The molecule has 0 bridgehead atoms. The second-order valence-electron chi connectivity index (χ2n) is 3.74. The Morgan fingerprint density at radius 1 is 1.47 bits per heavy atom. The van der Waals surface area contributed by atoms with Gasteiger partial charge in [-0.3, -0.25) is 0 Å². The molecule has 1 unspecified atom stereocenters. The molecule has 1 aromatic carbocycles. The van der Waals surface area contributed by atoms with Gasteiger partial charge in [0.1, 0.15) is 0 Å². The minimum absolute atomic E-state index is 0.560. The van der Waals surface area contributed by atoms with Crippen LogP contribution in [0.25, 0.3) is 5.57 Å². The Hall–Kier alpha value is -1.48. The van der Waals surface area contributed by atoms with Crippen LogP contribution in [0.5, 0.6) is 0 Å². The summed E-state index contributed by atoms with van der Waals surface area (Å²) >= 11 is 0. The summed E-state index contributed by atoms with van der Waals surface area (Å²) in [6, 6.07) is 8.14. The lowest BCUT2D eigenvalue weighted by atomic mass is 9.89. The summed E-state index contributed by atoms with van der Waals surface area (Å²) in [5.74, 6) is 3.31. The Morgan fingerprint density at radius 2 is 2.13 bits per heavy atom. The molecule has 0 heterocycles. The maximum Gasteiger partial charge on any atom is 0.0317 e. The lowest BCUT2D eigenvalue weighted by molar-refractivity contribution is 0.716. The standard InChI is InChI=1S/C15H18/c1-5-12(4)14(7-3)15-11-9-8-10-13(15)6-2/h2,7-12H,5H2,1,3-4H3/b14-7-. The molecule has 0 aromatic heterocycles. The van der Waals surface area contributed by atoms with Crippen LogP contribution in [0, 0.1) is 18.3 Å². The minimum Gasteiger partial charge on any atom is -0.115 e. The number of hydrogen-bond acceptors (Lipinski definition) is 0. The lowest BCUT2D eigenvalue weighted by Gasteiger charge is -2.15. The van der Waals surface area contributed by atoms with E-state index in [9.17, 15) is 0 Å². The molecule has 1 atom stereocenters. The van der Waals surface area contributed by atoms with Crippen molar-refractivity contribution in [2.75, 3.05) is 0 Å². The monoisotopic (exact) mass is 198 g/mol. The van der Waals surface area contributed by atoms with Crippen molar-refractivity contribution in [3.05, 3.63) is 41.5 Å². The van der Waals surface area contributed by atoms with E-state index in [4.69, 9.17) is 6.42 Å². The summed E-state index contributed by atoms with van der Waals surface area (Å²) < 4.78 is 0. The van der Waals surface area contributed by atoms with Gasteiger partial charge in [0.05, 0.1) is 0 Å². The molecule has 0 N–H and O–H groups in total. The van der Waals surface area contributed by atoms with Crippen LogP contribution in [0.1, 0.15) is 38.3 Å². The highest BCUT2D eigenvalue weighted by molar-refractivity contribution is 5.72. The molecule has 0 aliphatic carbocycles. The zero-order valence-corrected chi connectivity index (χ0v) is 9.75. The summed E-state index contributed by atoms with van der Waals surface area (Å²) in [4.78, 5) is 0. The average molecular weight is 198 g/mol. The molecule has 15 heavy (non-hydrogen) atoms. The molecule has 0 aliphatic heterocycles. The summed E-state index contributed by atoms with van der Waals surface area (Å²) in [6.45, 7) is 6.52. The molecule has 0 nitrogen and oxygen atoms in total. The molecule has 0 saturated carbocycles. The number of benzene rings is 1. The second kappa shape index (κ2) is 5.41. The van der Waals surface area contributed by atoms with Crippen molar-refractivity contribution in [1.29, 1.82) is 0 Å². The first-order chi connectivity index (χ1) is 7.24. The molecule has 1 aromatic rings. The Balaban J connectivity index is 3.20. The molecule has 78 valence electrons. The third-order valence-electron chi connectivity index (χ3n) is 2.85. The average Bonchev–Trinajstić information content (AvgIpc) is 2.30. The van der Waals surface area contributed by atoms with E-state index in [1.165, 1.54) is 11.1 Å². The zero-order valence-electron chi connectivity index (χ0n) is 9.75. The molecule has 0 saturated heterocycles. The van der Waals surface area contributed by atoms with Crippen LogP contribution in [0.2, 0.25) is 0 Å². The molecule has 0 aliphatic rings. The molecule has 0 radical (unpaired) electrons. The predicted octanol–water partition coefficient (Wildman–Crippen LogP) is 4.12. The predicted molar refractivity (Wildman–Crippen MR) is 67.5 cm³/mol. The first-order valence-electron chi connectivity index (χ1n) is 5.46. The molecule has 0 spiro atoms. The fraction of sp³-hybridized carbons (Fsp3) is 0.333. The van der Waals surface area contributed by atoms with Gasteiger partial charge in [0.25, 0.3) is 0 Å². The second-order valence-corrected chi connectivity index (χ2v) is 3.74. The molecule has 0 amide bonds. The van der Waals surface area contributed by atoms with Gasteiger partial charge in [0.15, 0.2) is 0 Å². The van der Waals surface area contributed by atoms with Crippen molar-refractivity contribution < 1.29 is 0 Å². The van der Waals surface area contributed by atoms with Gasteiger partial charge >= 0.3 is 0 Å². The van der Waals surface area contributed by atoms with Crippen LogP contribution >= 0.6 is 0 Å². The van der Waals surface area contributed by atoms with E-state index in [2.05, 4.69) is 38.8 Å². The fourth-order valence-corrected chi connectivity index (χ4v) is 1.79. The molecular formula is C15H18. The van der Waals surface area contributed by atoms with Crippen molar-refractivity contribution in [3.63, 3.8) is 0 Å². The van der Waals surface area contributed by atoms with E-state index in [0.717, 1.165) is 12.0 Å². The highest BCUT2D eigenvalue weighted by Crippen LogP contribution is 2.27. The fourth-order valence-electron chi connectivity index (χ4n) is 1.79. The van der Waals surface area contributed by atoms with Crippen LogP contribution in [0.3, 0.4) is 0 Å². The molecular weight excluding hydrogens is 180 g/mol. The normalized spacial score (nSPS) is 13.3. The SMILES string of the molecule is C#Cc1ccccc1/C(=C\C)C(C)CC. The Kier molecular flexibility index (Phi) is 4.18. The minimum atomic E-state index is 0.560. The number of hydrogen-bond donors (Lipinski definition) is 0. The third-order valence-corrected chi connectivity index (χ3v) is 2.85. The molecule has 0 heteroatoms. The Bertz CT molecular complexity index is 391. The number of rotatable bonds is 3. The van der Waals surface area contributed by atoms with Crippen LogP contribution in [0.4, 0.5) is 0 Å². The molecule has 0 fully saturated rings. The summed E-state index contributed by atoms with van der Waals surface area (Å²) in [6.07, 6.45) is 8.82. The van der Waals surface area contributed by atoms with Gasteiger partial charge in [-0.25, -0.2) is 0 Å². The van der Waals surface area contributed by atoms with E-state index in [1.54, 1.807) is 0 Å². The van der Waals surface area contributed by atoms with Gasteiger partial charge < -0.3 is 0 Å². The van der Waals surface area contributed by atoms with E-state index in [1.807, 2.05) is 18.2 Å². The van der Waals surface area contributed by atoms with Crippen molar-refractivity contribution in [1.82, 2.24) is 0 Å². The van der Waals surface area contributed by atoms with Gasteiger partial charge in [0, 0.05) is 5.56 Å². The van der Waals surface area contributed by atoms with E-state index < -0.39 is 0 Å². The van der Waals surface area contributed by atoms with E-state index in [0.29, 0.717) is 5.92 Å². The van der Waals surface area contributed by atoms with E-state index >= 15 is 0 Å². The van der Waals surface area contributed by atoms with Gasteiger partial charge in [-0.15, -0.1) is 6.42 Å². The van der Waals surface area contributed by atoms with Gasteiger partial charge in [0.2, 0.25) is 0 Å². The van der Waals surface area contributed by atoms with Crippen molar-refractivity contribution in [2.45, 2.75) is 27.2 Å². The highest BCUT2D eigenvalue weighted by Gasteiger charge is 2.10. The topological polar surface area (TPSA) is 0 Å². The maximum absolute atomic E-state index is 5.51. The van der Waals surface area contributed by atoms with Gasteiger partial charge in [-0.05, 0) is 36.5 Å². The smallest absolute Gasteiger partial charge is 0.0317 e. The maximum atomic E-state index is 5.51. The van der Waals surface area contributed by atoms with Crippen LogP contribution in [-0.4, -0.2) is 0 Å². The number of terminal acetylenes is 1. The van der Waals surface area contributed by atoms with Gasteiger partial charge in [-0.1, -0.05) is 44.0 Å². The Morgan fingerprint density at radius 3 is 2.67 bits per heavy atom. The Labute approximate surface area is 93.0 Å². The highest BCUT2D eigenvalue weighted by atomic mass is 14.1. The van der Waals surface area contributed by atoms with Gasteiger partial charge in [-0.2, -0.15) is 0 Å². The van der Waals surface area contributed by atoms with Crippen LogP contribution < -0.4 is 0 Å². The third kappa shape index (κ3) is 2.50. The van der Waals surface area contributed by atoms with Crippen LogP contribution in [0.15, 0.2) is 30.3 Å². The van der Waals surface area contributed by atoms with E-state index in [-0.39, 0.29) is 0 Å². The van der Waals surface area contributed by atoms with Crippen molar-refractivity contribution in [2.24, 2.45) is 5.92 Å². The first-order valence-corrected chi connectivity index (χ1v) is 5.46. The summed E-state index contributed by atoms with van der Waals surface area (Å²) in [5.41, 5.74) is 3.55. The molecule has 1 rings (SSSR count).